The Balaban J connectivity index is 2.42. The van der Waals surface area contributed by atoms with Gasteiger partial charge in [0.25, 0.3) is 0 Å². The predicted octanol–water partition coefficient (Wildman–Crippen LogP) is 0.906. The Labute approximate surface area is 86.7 Å². The van der Waals surface area contributed by atoms with Gasteiger partial charge >= 0.3 is 0 Å². The number of nitrogens with one attached hydrogen (secondary N) is 1. The lowest BCUT2D eigenvalue weighted by Gasteiger charge is -2.34. The van der Waals surface area contributed by atoms with Crippen LogP contribution in [0, 0.1) is 5.92 Å². The van der Waals surface area contributed by atoms with Crippen molar-refractivity contribution in [3.63, 3.8) is 0 Å². The molecule has 3 heteroatoms. The summed E-state index contributed by atoms with van der Waals surface area (Å²) in [5.41, 5.74) is 5.85. The summed E-state index contributed by atoms with van der Waals surface area (Å²) < 4.78 is 5.40. The number of hydrogen-bond donors (Lipinski definition) is 2. The highest BCUT2D eigenvalue weighted by Crippen LogP contribution is 2.24. The average Bonchev–Trinajstić information content (AvgIpc) is 2.71. The number of ether oxygens (including phenoxy) is 1. The summed E-state index contributed by atoms with van der Waals surface area (Å²) >= 11 is 0. The molecule has 3 N–H and O–H groups in total. The van der Waals surface area contributed by atoms with E-state index in [-0.39, 0.29) is 5.54 Å². The first-order chi connectivity index (χ1) is 6.73. The van der Waals surface area contributed by atoms with Crippen LogP contribution in [0.1, 0.15) is 19.8 Å². The molecule has 0 radical (unpaired) electrons. The monoisotopic (exact) mass is 198 g/mol. The fraction of sp³-hybridized carbons (Fsp3) is 0.818. The third kappa shape index (κ3) is 2.80. The highest BCUT2D eigenvalue weighted by atomic mass is 16.5. The molecule has 1 aliphatic heterocycles. The molecule has 1 fully saturated rings. The molecule has 2 unspecified atom stereocenters. The second-order valence-electron chi connectivity index (χ2n) is 4.19. The lowest BCUT2D eigenvalue weighted by molar-refractivity contribution is 0.155. The van der Waals surface area contributed by atoms with Gasteiger partial charge in [-0.1, -0.05) is 6.08 Å². The Morgan fingerprint density at radius 2 is 2.50 bits per heavy atom. The van der Waals surface area contributed by atoms with E-state index < -0.39 is 0 Å². The molecule has 0 spiro atoms. The second kappa shape index (κ2) is 5.49. The molecule has 1 rings (SSSR count). The minimum atomic E-state index is 0.0273. The molecule has 1 saturated heterocycles. The van der Waals surface area contributed by atoms with Crippen molar-refractivity contribution < 1.29 is 4.74 Å². The maximum Gasteiger partial charge on any atom is 0.0513 e. The first kappa shape index (κ1) is 11.7. The third-order valence-electron chi connectivity index (χ3n) is 3.13. The van der Waals surface area contributed by atoms with Gasteiger partial charge in [0.2, 0.25) is 0 Å². The fourth-order valence-electron chi connectivity index (χ4n) is 1.88. The van der Waals surface area contributed by atoms with Crippen molar-refractivity contribution in [3.8, 4) is 0 Å². The van der Waals surface area contributed by atoms with E-state index in [2.05, 4.69) is 18.8 Å². The molecule has 0 aliphatic carbocycles. The van der Waals surface area contributed by atoms with Crippen LogP contribution in [0.2, 0.25) is 0 Å². The van der Waals surface area contributed by atoms with Gasteiger partial charge in [-0.05, 0) is 26.3 Å². The molecule has 1 aliphatic rings. The largest absolute Gasteiger partial charge is 0.381 e. The van der Waals surface area contributed by atoms with Gasteiger partial charge in [-0.25, -0.2) is 0 Å². The molecule has 0 aromatic rings. The molecular weight excluding hydrogens is 176 g/mol. The average molecular weight is 198 g/mol. The van der Waals surface area contributed by atoms with Gasteiger partial charge in [-0.2, -0.15) is 0 Å². The zero-order valence-electron chi connectivity index (χ0n) is 9.09. The Morgan fingerprint density at radius 1 is 1.71 bits per heavy atom. The van der Waals surface area contributed by atoms with Crippen LogP contribution in [-0.2, 0) is 4.74 Å². The van der Waals surface area contributed by atoms with Crippen LogP contribution in [0.5, 0.6) is 0 Å². The van der Waals surface area contributed by atoms with E-state index in [0.29, 0.717) is 12.5 Å². The van der Waals surface area contributed by atoms with E-state index in [1.165, 1.54) is 0 Å². The van der Waals surface area contributed by atoms with Gasteiger partial charge in [0.15, 0.2) is 0 Å². The molecule has 14 heavy (non-hydrogen) atoms. The van der Waals surface area contributed by atoms with Crippen LogP contribution < -0.4 is 11.1 Å². The zero-order chi connectivity index (χ0) is 10.4. The first-order valence-corrected chi connectivity index (χ1v) is 5.36. The van der Waals surface area contributed by atoms with Crippen molar-refractivity contribution in [1.29, 1.82) is 0 Å². The van der Waals surface area contributed by atoms with Crippen LogP contribution in [0.4, 0.5) is 0 Å². The Kier molecular flexibility index (Phi) is 4.58. The summed E-state index contributed by atoms with van der Waals surface area (Å²) in [6, 6.07) is 0. The molecule has 0 aromatic carbocycles. The summed E-state index contributed by atoms with van der Waals surface area (Å²) in [4.78, 5) is 0. The Bertz CT molecular complexity index is 178. The van der Waals surface area contributed by atoms with Crippen LogP contribution >= 0.6 is 0 Å². The summed E-state index contributed by atoms with van der Waals surface area (Å²) in [6.45, 7) is 9.23. The fourth-order valence-corrected chi connectivity index (χ4v) is 1.88. The maximum absolute atomic E-state index is 5.83. The maximum atomic E-state index is 5.83. The Morgan fingerprint density at radius 3 is 3.00 bits per heavy atom. The van der Waals surface area contributed by atoms with E-state index in [0.717, 1.165) is 32.6 Å². The van der Waals surface area contributed by atoms with E-state index in [9.17, 15) is 0 Å². The highest BCUT2D eigenvalue weighted by Gasteiger charge is 2.34. The van der Waals surface area contributed by atoms with Gasteiger partial charge in [-0.3, -0.25) is 0 Å². The normalized spacial score (nSPS) is 26.0. The third-order valence-corrected chi connectivity index (χ3v) is 3.13. The molecule has 2 atom stereocenters. The van der Waals surface area contributed by atoms with Crippen molar-refractivity contribution in [3.05, 3.63) is 12.7 Å². The standard InChI is InChI=1S/C11H22N2O/c1-3-4-6-13-11(2,9-12)10-5-7-14-8-10/h3,10,13H,1,4-9,12H2,2H3. The molecule has 0 aromatic heterocycles. The molecular formula is C11H22N2O. The van der Waals surface area contributed by atoms with E-state index >= 15 is 0 Å². The SMILES string of the molecule is C=CCCNC(C)(CN)C1CCOC1. The molecule has 1 heterocycles. The number of rotatable bonds is 6. The number of hydrogen-bond acceptors (Lipinski definition) is 3. The van der Waals surface area contributed by atoms with Crippen LogP contribution in [0.25, 0.3) is 0 Å². The van der Waals surface area contributed by atoms with Crippen LogP contribution in [0.15, 0.2) is 12.7 Å². The number of nitrogens with two attached hydrogens (primary N) is 1. The lowest BCUT2D eigenvalue weighted by Crippen LogP contribution is -2.54. The van der Waals surface area contributed by atoms with Gasteiger partial charge in [0, 0.05) is 24.6 Å². The van der Waals surface area contributed by atoms with Crippen molar-refractivity contribution >= 4 is 0 Å². The van der Waals surface area contributed by atoms with Gasteiger partial charge in [-0.15, -0.1) is 6.58 Å². The van der Waals surface area contributed by atoms with Crippen molar-refractivity contribution in [2.45, 2.75) is 25.3 Å². The van der Waals surface area contributed by atoms with E-state index in [1.54, 1.807) is 0 Å². The van der Waals surface area contributed by atoms with E-state index in [4.69, 9.17) is 10.5 Å². The molecule has 82 valence electrons. The minimum absolute atomic E-state index is 0.0273. The second-order valence-corrected chi connectivity index (χ2v) is 4.19. The molecule has 0 bridgehead atoms. The summed E-state index contributed by atoms with van der Waals surface area (Å²) in [7, 11) is 0. The summed E-state index contributed by atoms with van der Waals surface area (Å²) in [5.74, 6) is 0.553. The van der Waals surface area contributed by atoms with Crippen molar-refractivity contribution in [2.75, 3.05) is 26.3 Å². The molecule has 0 amide bonds. The lowest BCUT2D eigenvalue weighted by atomic mass is 9.85. The smallest absolute Gasteiger partial charge is 0.0513 e. The van der Waals surface area contributed by atoms with Gasteiger partial charge in [0.1, 0.15) is 0 Å². The minimum Gasteiger partial charge on any atom is -0.381 e. The predicted molar refractivity (Wildman–Crippen MR) is 59.2 cm³/mol. The van der Waals surface area contributed by atoms with Crippen molar-refractivity contribution in [2.24, 2.45) is 11.7 Å². The Hall–Kier alpha value is -0.380. The summed E-state index contributed by atoms with van der Waals surface area (Å²) in [5, 5.41) is 3.51. The summed E-state index contributed by atoms with van der Waals surface area (Å²) in [6.07, 6.45) is 4.03. The van der Waals surface area contributed by atoms with Crippen LogP contribution in [0.3, 0.4) is 0 Å². The molecule has 0 saturated carbocycles. The topological polar surface area (TPSA) is 47.3 Å². The van der Waals surface area contributed by atoms with Crippen molar-refractivity contribution in [1.82, 2.24) is 5.32 Å². The van der Waals surface area contributed by atoms with Gasteiger partial charge in [0.05, 0.1) is 6.61 Å². The zero-order valence-corrected chi connectivity index (χ0v) is 9.09. The first-order valence-electron chi connectivity index (χ1n) is 5.36. The molecule has 3 nitrogen and oxygen atoms in total. The van der Waals surface area contributed by atoms with Crippen LogP contribution in [-0.4, -0.2) is 31.8 Å². The van der Waals surface area contributed by atoms with Gasteiger partial charge < -0.3 is 15.8 Å². The van der Waals surface area contributed by atoms with E-state index in [1.807, 2.05) is 6.08 Å². The highest BCUT2D eigenvalue weighted by molar-refractivity contribution is 4.93. The quantitative estimate of drug-likeness (QED) is 0.492.